The van der Waals surface area contributed by atoms with Crippen molar-refractivity contribution in [3.8, 4) is 0 Å². The molecular formula is C15H25N5O3. The maximum atomic E-state index is 12.4. The molecule has 1 saturated heterocycles. The number of methoxy groups -OCH3 is 1. The van der Waals surface area contributed by atoms with Gasteiger partial charge in [-0.3, -0.25) is 14.7 Å². The van der Waals surface area contributed by atoms with Crippen LogP contribution >= 0.6 is 0 Å². The van der Waals surface area contributed by atoms with Crippen LogP contribution in [0.4, 0.5) is 5.82 Å². The van der Waals surface area contributed by atoms with Gasteiger partial charge in [0.15, 0.2) is 0 Å². The predicted molar refractivity (Wildman–Crippen MR) is 86.2 cm³/mol. The molecule has 0 radical (unpaired) electrons. The molecule has 0 saturated carbocycles. The molecule has 1 aliphatic heterocycles. The zero-order valence-corrected chi connectivity index (χ0v) is 13.8. The minimum absolute atomic E-state index is 0.0173. The number of carbonyl (C=O) groups is 1. The van der Waals surface area contributed by atoms with E-state index in [0.717, 1.165) is 5.82 Å². The van der Waals surface area contributed by atoms with Gasteiger partial charge < -0.3 is 19.6 Å². The monoisotopic (exact) mass is 323 g/mol. The maximum Gasteiger partial charge on any atom is 0.236 e. The van der Waals surface area contributed by atoms with Gasteiger partial charge >= 0.3 is 0 Å². The lowest BCUT2D eigenvalue weighted by Crippen LogP contribution is -2.43. The van der Waals surface area contributed by atoms with Gasteiger partial charge in [-0.25, -0.2) is 4.98 Å². The number of hydrogen-bond acceptors (Lipinski definition) is 7. The second-order valence-electron chi connectivity index (χ2n) is 5.73. The minimum atomic E-state index is -0.604. The lowest BCUT2D eigenvalue weighted by Gasteiger charge is -2.24. The lowest BCUT2D eigenvalue weighted by molar-refractivity contribution is -0.133. The molecule has 1 fully saturated rings. The number of likely N-dealkylation sites (N-methyl/N-ethyl adjacent to an activating group) is 1. The normalized spacial score (nSPS) is 19.0. The molecule has 2 heterocycles. The molecule has 1 aliphatic rings. The van der Waals surface area contributed by atoms with Crippen LogP contribution in [0.25, 0.3) is 0 Å². The SMILES string of the molecule is COCCN(C)CC(=O)N1CCN(c2cnccn2)CC(O)C1. The first-order valence-electron chi connectivity index (χ1n) is 7.74. The van der Waals surface area contributed by atoms with Gasteiger partial charge in [-0.05, 0) is 7.05 Å². The van der Waals surface area contributed by atoms with E-state index in [1.165, 1.54) is 0 Å². The van der Waals surface area contributed by atoms with Gasteiger partial charge in [0.2, 0.25) is 5.91 Å². The Morgan fingerprint density at radius 2 is 2.26 bits per heavy atom. The van der Waals surface area contributed by atoms with Crippen LogP contribution in [0.3, 0.4) is 0 Å². The quantitative estimate of drug-likeness (QED) is 0.724. The molecule has 8 heteroatoms. The predicted octanol–water partition coefficient (Wildman–Crippen LogP) is -0.936. The standard InChI is InChI=1S/C15H25N5O3/c1-18(7-8-23-2)12-15(22)20-6-5-19(10-13(21)11-20)14-9-16-3-4-17-14/h3-4,9,13,21H,5-8,10-12H2,1-2H3. The summed E-state index contributed by atoms with van der Waals surface area (Å²) in [5, 5.41) is 10.2. The lowest BCUT2D eigenvalue weighted by atomic mass is 10.3. The molecular weight excluding hydrogens is 298 g/mol. The van der Waals surface area contributed by atoms with Crippen LogP contribution in [0, 0.1) is 0 Å². The fraction of sp³-hybridized carbons (Fsp3) is 0.667. The Bertz CT molecular complexity index is 487. The van der Waals surface area contributed by atoms with Crippen LogP contribution in [0.2, 0.25) is 0 Å². The Morgan fingerprint density at radius 1 is 1.43 bits per heavy atom. The van der Waals surface area contributed by atoms with Gasteiger partial charge in [0.05, 0.1) is 25.5 Å². The molecule has 1 aromatic heterocycles. The highest BCUT2D eigenvalue weighted by atomic mass is 16.5. The van der Waals surface area contributed by atoms with Crippen molar-refractivity contribution < 1.29 is 14.6 Å². The number of aliphatic hydroxyl groups excluding tert-OH is 1. The van der Waals surface area contributed by atoms with E-state index in [2.05, 4.69) is 9.97 Å². The highest BCUT2D eigenvalue weighted by Gasteiger charge is 2.25. The second-order valence-corrected chi connectivity index (χ2v) is 5.73. The highest BCUT2D eigenvalue weighted by Crippen LogP contribution is 2.12. The summed E-state index contributed by atoms with van der Waals surface area (Å²) in [6, 6.07) is 0. The largest absolute Gasteiger partial charge is 0.389 e. The molecule has 23 heavy (non-hydrogen) atoms. The zero-order valence-electron chi connectivity index (χ0n) is 13.8. The summed E-state index contributed by atoms with van der Waals surface area (Å²) < 4.78 is 5.01. The molecule has 8 nitrogen and oxygen atoms in total. The number of carbonyl (C=O) groups excluding carboxylic acids is 1. The number of nitrogens with zero attached hydrogens (tertiary/aromatic N) is 5. The van der Waals surface area contributed by atoms with Crippen molar-refractivity contribution in [2.75, 3.05) is 64.9 Å². The third-order valence-corrected chi connectivity index (χ3v) is 3.81. The first-order valence-corrected chi connectivity index (χ1v) is 7.74. The summed E-state index contributed by atoms with van der Waals surface area (Å²) in [5.74, 6) is 0.738. The highest BCUT2D eigenvalue weighted by molar-refractivity contribution is 5.78. The van der Waals surface area contributed by atoms with E-state index in [1.807, 2.05) is 16.8 Å². The molecule has 1 unspecified atom stereocenters. The van der Waals surface area contributed by atoms with Gasteiger partial charge in [-0.1, -0.05) is 0 Å². The first kappa shape index (κ1) is 17.6. The van der Waals surface area contributed by atoms with E-state index in [4.69, 9.17) is 4.74 Å². The molecule has 0 spiro atoms. The van der Waals surface area contributed by atoms with E-state index >= 15 is 0 Å². The molecule has 1 atom stereocenters. The topological polar surface area (TPSA) is 82.0 Å². The molecule has 0 bridgehead atoms. The molecule has 128 valence electrons. The van der Waals surface area contributed by atoms with Crippen molar-refractivity contribution in [2.24, 2.45) is 0 Å². The Labute approximate surface area is 136 Å². The summed E-state index contributed by atoms with van der Waals surface area (Å²) in [4.78, 5) is 26.3. The fourth-order valence-corrected chi connectivity index (χ4v) is 2.54. The van der Waals surface area contributed by atoms with Gasteiger partial charge in [0.1, 0.15) is 5.82 Å². The average molecular weight is 323 g/mol. The average Bonchev–Trinajstić information content (AvgIpc) is 2.75. The first-order chi connectivity index (χ1) is 11.1. The van der Waals surface area contributed by atoms with Gasteiger partial charge in [0.25, 0.3) is 0 Å². The number of anilines is 1. The molecule has 1 amide bonds. The van der Waals surface area contributed by atoms with E-state index in [-0.39, 0.29) is 5.91 Å². The summed E-state index contributed by atoms with van der Waals surface area (Å²) >= 11 is 0. The van der Waals surface area contributed by atoms with Gasteiger partial charge in [-0.2, -0.15) is 0 Å². The number of aromatic nitrogens is 2. The van der Waals surface area contributed by atoms with Crippen LogP contribution in [-0.2, 0) is 9.53 Å². The number of amides is 1. The molecule has 1 N–H and O–H groups in total. The van der Waals surface area contributed by atoms with Crippen LogP contribution in [-0.4, -0.2) is 96.9 Å². The van der Waals surface area contributed by atoms with Crippen LogP contribution in [0.1, 0.15) is 0 Å². The number of aliphatic hydroxyl groups is 1. The third-order valence-electron chi connectivity index (χ3n) is 3.81. The molecule has 0 aromatic carbocycles. The van der Waals surface area contributed by atoms with Gasteiger partial charge in [0, 0.05) is 52.2 Å². The fourth-order valence-electron chi connectivity index (χ4n) is 2.54. The number of hydrogen-bond donors (Lipinski definition) is 1. The smallest absolute Gasteiger partial charge is 0.236 e. The number of ether oxygens (including phenoxy) is 1. The van der Waals surface area contributed by atoms with Crippen molar-refractivity contribution in [2.45, 2.75) is 6.10 Å². The number of rotatable bonds is 6. The van der Waals surface area contributed by atoms with Crippen molar-refractivity contribution in [3.05, 3.63) is 18.6 Å². The Hall–Kier alpha value is -1.77. The summed E-state index contributed by atoms with van der Waals surface area (Å²) in [6.45, 7) is 3.59. The van der Waals surface area contributed by atoms with E-state index in [1.54, 1.807) is 30.6 Å². The van der Waals surface area contributed by atoms with Crippen molar-refractivity contribution in [1.29, 1.82) is 0 Å². The Morgan fingerprint density at radius 3 is 2.96 bits per heavy atom. The molecule has 1 aromatic rings. The third kappa shape index (κ3) is 5.42. The van der Waals surface area contributed by atoms with Crippen LogP contribution < -0.4 is 4.90 Å². The van der Waals surface area contributed by atoms with Crippen LogP contribution in [0.15, 0.2) is 18.6 Å². The van der Waals surface area contributed by atoms with E-state index in [9.17, 15) is 9.90 Å². The van der Waals surface area contributed by atoms with Crippen LogP contribution in [0.5, 0.6) is 0 Å². The van der Waals surface area contributed by atoms with Crippen molar-refractivity contribution >= 4 is 11.7 Å². The molecule has 0 aliphatic carbocycles. The zero-order chi connectivity index (χ0) is 16.7. The van der Waals surface area contributed by atoms with Crippen molar-refractivity contribution in [1.82, 2.24) is 19.8 Å². The Kier molecular flexibility index (Phi) is 6.69. The summed E-state index contributed by atoms with van der Waals surface area (Å²) in [7, 11) is 3.53. The second kappa shape index (κ2) is 8.76. The number of β-amino-alcohol motifs (C(OH)–C–C–N with tert-alkyl or cyclic N) is 1. The Balaban J connectivity index is 1.91. The van der Waals surface area contributed by atoms with E-state index < -0.39 is 6.10 Å². The summed E-state index contributed by atoms with van der Waals surface area (Å²) in [5.41, 5.74) is 0. The summed E-state index contributed by atoms with van der Waals surface area (Å²) in [6.07, 6.45) is 4.31. The van der Waals surface area contributed by atoms with E-state index in [0.29, 0.717) is 45.9 Å². The minimum Gasteiger partial charge on any atom is -0.389 e. The van der Waals surface area contributed by atoms with Gasteiger partial charge in [-0.15, -0.1) is 0 Å². The van der Waals surface area contributed by atoms with Crippen molar-refractivity contribution in [3.63, 3.8) is 0 Å². The maximum absolute atomic E-state index is 12.4. The molecule has 2 rings (SSSR count).